The van der Waals surface area contributed by atoms with Crippen LogP contribution in [0.4, 0.5) is 4.79 Å². The lowest BCUT2D eigenvalue weighted by atomic mass is 9.84. The van der Waals surface area contributed by atoms with E-state index in [0.29, 0.717) is 25.6 Å². The molecule has 2 rings (SSSR count). The fourth-order valence-electron chi connectivity index (χ4n) is 3.49. The number of urea groups is 1. The number of amides is 2. The molecule has 0 aromatic carbocycles. The zero-order chi connectivity index (χ0) is 16.9. The molecular weight excluding hydrogens is 316 g/mol. The lowest BCUT2D eigenvalue weighted by Crippen LogP contribution is -2.53. The largest absolute Gasteiger partial charge is 0.374 e. The van der Waals surface area contributed by atoms with Crippen molar-refractivity contribution in [3.63, 3.8) is 0 Å². The number of carbonyl (C=O) groups is 1. The Morgan fingerprint density at radius 3 is 2.65 bits per heavy atom. The van der Waals surface area contributed by atoms with Gasteiger partial charge in [-0.05, 0) is 25.7 Å². The van der Waals surface area contributed by atoms with Crippen LogP contribution in [0.2, 0.25) is 0 Å². The molecule has 7 heteroatoms. The van der Waals surface area contributed by atoms with E-state index < -0.39 is 9.84 Å². The molecule has 0 radical (unpaired) electrons. The quantitative estimate of drug-likeness (QED) is 0.823. The van der Waals surface area contributed by atoms with E-state index in [1.54, 1.807) is 18.7 Å². The molecule has 2 aliphatic rings. The topological polar surface area (TPSA) is 75.7 Å². The van der Waals surface area contributed by atoms with Crippen LogP contribution in [-0.2, 0) is 14.6 Å². The highest BCUT2D eigenvalue weighted by atomic mass is 32.2. The van der Waals surface area contributed by atoms with Crippen molar-refractivity contribution in [2.75, 3.05) is 31.2 Å². The predicted octanol–water partition coefficient (Wildman–Crippen LogP) is 1.80. The van der Waals surface area contributed by atoms with Gasteiger partial charge in [-0.2, -0.15) is 0 Å². The molecule has 1 N–H and O–H groups in total. The lowest BCUT2D eigenvalue weighted by Gasteiger charge is -2.38. The van der Waals surface area contributed by atoms with E-state index in [2.05, 4.69) is 5.32 Å². The number of ether oxygens (including phenoxy) is 1. The minimum atomic E-state index is -3.08. The SMILES string of the molecule is CCS(=O)(=O)CC(C)NC(=O)N1CCOC(C2CCCCC2)C1. The molecule has 2 amide bonds. The highest BCUT2D eigenvalue weighted by Gasteiger charge is 2.31. The third-order valence-corrected chi connectivity index (χ3v) is 6.76. The highest BCUT2D eigenvalue weighted by molar-refractivity contribution is 7.91. The van der Waals surface area contributed by atoms with Crippen LogP contribution in [0, 0.1) is 5.92 Å². The molecule has 2 unspecified atom stereocenters. The predicted molar refractivity (Wildman–Crippen MR) is 90.2 cm³/mol. The first-order chi connectivity index (χ1) is 10.9. The second-order valence-corrected chi connectivity index (χ2v) is 9.20. The number of carbonyl (C=O) groups excluding carboxylic acids is 1. The van der Waals surface area contributed by atoms with Gasteiger partial charge in [0.15, 0.2) is 9.84 Å². The van der Waals surface area contributed by atoms with E-state index in [1.165, 1.54) is 32.1 Å². The molecule has 0 aromatic heterocycles. The number of sulfone groups is 1. The van der Waals surface area contributed by atoms with Gasteiger partial charge < -0.3 is 15.0 Å². The van der Waals surface area contributed by atoms with E-state index in [0.717, 1.165) is 0 Å². The second-order valence-electron chi connectivity index (χ2n) is 6.80. The van der Waals surface area contributed by atoms with Crippen LogP contribution in [0.25, 0.3) is 0 Å². The van der Waals surface area contributed by atoms with Gasteiger partial charge >= 0.3 is 6.03 Å². The van der Waals surface area contributed by atoms with Crippen molar-refractivity contribution in [1.82, 2.24) is 10.2 Å². The molecule has 6 nitrogen and oxygen atoms in total. The Hall–Kier alpha value is -0.820. The van der Waals surface area contributed by atoms with E-state index in [9.17, 15) is 13.2 Å². The molecule has 0 spiro atoms. The van der Waals surface area contributed by atoms with Crippen LogP contribution < -0.4 is 5.32 Å². The highest BCUT2D eigenvalue weighted by Crippen LogP contribution is 2.29. The number of rotatable bonds is 5. The molecular formula is C16H30N2O4S. The molecule has 1 heterocycles. The third-order valence-electron chi connectivity index (χ3n) is 4.87. The summed E-state index contributed by atoms with van der Waals surface area (Å²) in [5, 5.41) is 2.82. The Morgan fingerprint density at radius 1 is 1.30 bits per heavy atom. The average Bonchev–Trinajstić information content (AvgIpc) is 2.55. The summed E-state index contributed by atoms with van der Waals surface area (Å²) in [6.45, 7) is 5.12. The molecule has 2 fully saturated rings. The summed E-state index contributed by atoms with van der Waals surface area (Å²) in [4.78, 5) is 14.2. The Labute approximate surface area is 139 Å². The number of hydrogen-bond acceptors (Lipinski definition) is 4. The molecule has 1 aliphatic carbocycles. The molecule has 0 aromatic rings. The van der Waals surface area contributed by atoms with Crippen molar-refractivity contribution >= 4 is 15.9 Å². The number of morpholine rings is 1. The first kappa shape index (κ1) is 18.5. The van der Waals surface area contributed by atoms with E-state index in [-0.39, 0.29) is 29.7 Å². The van der Waals surface area contributed by atoms with Gasteiger partial charge in [0.2, 0.25) is 0 Å². The summed E-state index contributed by atoms with van der Waals surface area (Å²) >= 11 is 0. The molecule has 23 heavy (non-hydrogen) atoms. The van der Waals surface area contributed by atoms with Gasteiger partial charge in [-0.1, -0.05) is 26.2 Å². The average molecular weight is 346 g/mol. The van der Waals surface area contributed by atoms with Crippen LogP contribution >= 0.6 is 0 Å². The molecule has 1 aliphatic heterocycles. The van der Waals surface area contributed by atoms with Crippen LogP contribution in [0.3, 0.4) is 0 Å². The number of hydrogen-bond donors (Lipinski definition) is 1. The summed E-state index contributed by atoms with van der Waals surface area (Å²) in [6.07, 6.45) is 6.31. The lowest BCUT2D eigenvalue weighted by molar-refractivity contribution is -0.0526. The normalized spacial score (nSPS) is 25.1. The van der Waals surface area contributed by atoms with Crippen molar-refractivity contribution in [1.29, 1.82) is 0 Å². The summed E-state index contributed by atoms with van der Waals surface area (Å²) in [5.41, 5.74) is 0. The van der Waals surface area contributed by atoms with Gasteiger partial charge in [-0.15, -0.1) is 0 Å². The fourth-order valence-corrected chi connectivity index (χ4v) is 4.57. The van der Waals surface area contributed by atoms with Crippen LogP contribution in [0.15, 0.2) is 0 Å². The van der Waals surface area contributed by atoms with Gasteiger partial charge in [-0.3, -0.25) is 0 Å². The minimum Gasteiger partial charge on any atom is -0.374 e. The van der Waals surface area contributed by atoms with Gasteiger partial charge in [0.25, 0.3) is 0 Å². The Bertz CT molecular complexity index is 488. The summed E-state index contributed by atoms with van der Waals surface area (Å²) < 4.78 is 29.2. The Morgan fingerprint density at radius 2 is 2.00 bits per heavy atom. The molecule has 1 saturated carbocycles. The number of nitrogens with zero attached hydrogens (tertiary/aromatic N) is 1. The summed E-state index contributed by atoms with van der Waals surface area (Å²) in [6, 6.07) is -0.545. The zero-order valence-electron chi connectivity index (χ0n) is 14.3. The van der Waals surface area contributed by atoms with E-state index in [1.807, 2.05) is 0 Å². The second kappa shape index (κ2) is 8.33. The maximum Gasteiger partial charge on any atom is 0.317 e. The Balaban J connectivity index is 1.84. The van der Waals surface area contributed by atoms with Gasteiger partial charge in [0, 0.05) is 24.9 Å². The fraction of sp³-hybridized carbons (Fsp3) is 0.938. The van der Waals surface area contributed by atoms with Gasteiger partial charge in [0.05, 0.1) is 18.5 Å². The molecule has 2 atom stereocenters. The van der Waals surface area contributed by atoms with Crippen molar-refractivity contribution in [2.24, 2.45) is 5.92 Å². The summed E-state index contributed by atoms with van der Waals surface area (Å²) in [5.74, 6) is 0.650. The van der Waals surface area contributed by atoms with Crippen molar-refractivity contribution < 1.29 is 17.9 Å². The monoisotopic (exact) mass is 346 g/mol. The minimum absolute atomic E-state index is 0.00830. The maximum atomic E-state index is 12.4. The molecule has 1 saturated heterocycles. The molecule has 134 valence electrons. The first-order valence-electron chi connectivity index (χ1n) is 8.78. The summed E-state index contributed by atoms with van der Waals surface area (Å²) in [7, 11) is -3.08. The van der Waals surface area contributed by atoms with Crippen molar-refractivity contribution in [3.05, 3.63) is 0 Å². The van der Waals surface area contributed by atoms with Gasteiger partial charge in [-0.25, -0.2) is 13.2 Å². The van der Waals surface area contributed by atoms with Crippen LogP contribution in [-0.4, -0.2) is 62.7 Å². The van der Waals surface area contributed by atoms with Crippen molar-refractivity contribution in [2.45, 2.75) is 58.1 Å². The zero-order valence-corrected chi connectivity index (χ0v) is 15.1. The van der Waals surface area contributed by atoms with E-state index in [4.69, 9.17) is 4.74 Å². The number of nitrogens with one attached hydrogen (secondary N) is 1. The third kappa shape index (κ3) is 5.64. The smallest absolute Gasteiger partial charge is 0.317 e. The van der Waals surface area contributed by atoms with Crippen LogP contribution in [0.1, 0.15) is 46.0 Å². The van der Waals surface area contributed by atoms with Gasteiger partial charge in [0.1, 0.15) is 0 Å². The Kier molecular flexibility index (Phi) is 6.71. The van der Waals surface area contributed by atoms with Crippen molar-refractivity contribution in [3.8, 4) is 0 Å². The van der Waals surface area contributed by atoms with E-state index >= 15 is 0 Å². The standard InChI is InChI=1S/C16H30N2O4S/c1-3-23(20,21)12-13(2)17-16(19)18-9-10-22-15(11-18)14-7-5-4-6-8-14/h13-15H,3-12H2,1-2H3,(H,17,19). The molecule has 0 bridgehead atoms. The van der Waals surface area contributed by atoms with Crippen LogP contribution in [0.5, 0.6) is 0 Å². The maximum absolute atomic E-state index is 12.4. The first-order valence-corrected chi connectivity index (χ1v) is 10.6.